The molecular weight excluding hydrogens is 268 g/mol. The Morgan fingerprint density at radius 2 is 2.00 bits per heavy atom. The number of hydrogen-bond acceptors (Lipinski definition) is 4. The number of carbonyl (C=O) groups is 2. The average molecular weight is 298 g/mol. The Bertz CT molecular complexity index is 333. The molecule has 1 aliphatic rings. The lowest BCUT2D eigenvalue weighted by molar-refractivity contribution is -0.143. The van der Waals surface area contributed by atoms with Crippen LogP contribution < -0.4 is 10.6 Å². The van der Waals surface area contributed by atoms with E-state index in [-0.39, 0.29) is 11.9 Å². The molecule has 0 spiro atoms. The van der Waals surface area contributed by atoms with Crippen molar-refractivity contribution in [1.29, 1.82) is 0 Å². The fraction of sp³-hybridized carbons (Fsp3) is 0.875. The summed E-state index contributed by atoms with van der Waals surface area (Å²) in [6.07, 6.45) is 4.64. The summed E-state index contributed by atoms with van der Waals surface area (Å²) in [5, 5.41) is 6.20. The van der Waals surface area contributed by atoms with Gasteiger partial charge in [-0.05, 0) is 38.1 Å². The summed E-state index contributed by atoms with van der Waals surface area (Å²) in [4.78, 5) is 23.0. The monoisotopic (exact) mass is 298 g/mol. The van der Waals surface area contributed by atoms with Gasteiger partial charge in [-0.3, -0.25) is 9.59 Å². The third-order valence-electron chi connectivity index (χ3n) is 4.38. The number of rotatable bonds is 8. The molecule has 3 unspecified atom stereocenters. The van der Waals surface area contributed by atoms with Gasteiger partial charge in [-0.2, -0.15) is 0 Å². The maximum Gasteiger partial charge on any atom is 0.305 e. The molecule has 21 heavy (non-hydrogen) atoms. The fourth-order valence-corrected chi connectivity index (χ4v) is 2.84. The van der Waals surface area contributed by atoms with Crippen LogP contribution in [0.25, 0.3) is 0 Å². The Balaban J connectivity index is 2.10. The van der Waals surface area contributed by atoms with Gasteiger partial charge >= 0.3 is 5.97 Å². The predicted octanol–water partition coefficient (Wildman–Crippen LogP) is 1.86. The first-order chi connectivity index (χ1) is 10.0. The first kappa shape index (κ1) is 18.0. The Morgan fingerprint density at radius 1 is 1.24 bits per heavy atom. The second kappa shape index (κ2) is 9.77. The van der Waals surface area contributed by atoms with E-state index >= 15 is 0 Å². The Labute approximate surface area is 128 Å². The molecule has 0 heterocycles. The summed E-state index contributed by atoms with van der Waals surface area (Å²) < 4.78 is 4.85. The highest BCUT2D eigenvalue weighted by Gasteiger charge is 2.27. The van der Waals surface area contributed by atoms with Crippen LogP contribution in [-0.2, 0) is 14.3 Å². The van der Waals surface area contributed by atoms with Crippen molar-refractivity contribution in [2.45, 2.75) is 58.9 Å². The Hall–Kier alpha value is -1.10. The molecule has 5 nitrogen and oxygen atoms in total. The van der Waals surface area contributed by atoms with Crippen LogP contribution >= 0.6 is 0 Å². The Kier molecular flexibility index (Phi) is 8.35. The third kappa shape index (κ3) is 6.93. The van der Waals surface area contributed by atoms with Gasteiger partial charge in [0.2, 0.25) is 5.91 Å². The molecule has 1 aliphatic carbocycles. The minimum absolute atomic E-state index is 0.0529. The summed E-state index contributed by atoms with van der Waals surface area (Å²) in [5.74, 6) is 1.11. The van der Waals surface area contributed by atoms with E-state index in [2.05, 4.69) is 24.5 Å². The van der Waals surface area contributed by atoms with E-state index in [0.717, 1.165) is 6.42 Å². The smallest absolute Gasteiger partial charge is 0.305 e. The van der Waals surface area contributed by atoms with E-state index in [9.17, 15) is 9.59 Å². The van der Waals surface area contributed by atoms with Gasteiger partial charge in [0, 0.05) is 12.5 Å². The molecule has 0 bridgehead atoms. The van der Waals surface area contributed by atoms with E-state index in [1.165, 1.54) is 12.8 Å². The molecule has 1 rings (SSSR count). The van der Waals surface area contributed by atoms with Crippen molar-refractivity contribution in [3.63, 3.8) is 0 Å². The number of hydrogen-bond donors (Lipinski definition) is 2. The van der Waals surface area contributed by atoms with Crippen molar-refractivity contribution in [3.05, 3.63) is 0 Å². The molecule has 0 aromatic carbocycles. The number of ether oxygens (including phenoxy) is 1. The fourth-order valence-electron chi connectivity index (χ4n) is 2.84. The maximum absolute atomic E-state index is 11.9. The summed E-state index contributed by atoms with van der Waals surface area (Å²) >= 11 is 0. The molecule has 0 aromatic rings. The maximum atomic E-state index is 11.9. The van der Waals surface area contributed by atoms with Crippen molar-refractivity contribution in [2.75, 3.05) is 19.7 Å². The Morgan fingerprint density at radius 3 is 2.71 bits per heavy atom. The van der Waals surface area contributed by atoms with Crippen molar-refractivity contribution in [3.8, 4) is 0 Å². The summed E-state index contributed by atoms with van der Waals surface area (Å²) in [6, 6.07) is 0.308. The van der Waals surface area contributed by atoms with Gasteiger partial charge in [0.1, 0.15) is 0 Å². The standard InChI is InChI=1S/C16H30N2O3/c1-4-21-16(20)9-6-10-17-11-15(19)18-14-8-5-7-12(2)13(14)3/h12-14,17H,4-11H2,1-3H3,(H,18,19). The van der Waals surface area contributed by atoms with Crippen LogP contribution in [-0.4, -0.2) is 37.6 Å². The van der Waals surface area contributed by atoms with Gasteiger partial charge in [-0.15, -0.1) is 0 Å². The van der Waals surface area contributed by atoms with Gasteiger partial charge in [-0.1, -0.05) is 26.7 Å². The van der Waals surface area contributed by atoms with Gasteiger partial charge in [0.25, 0.3) is 0 Å². The second-order valence-corrected chi connectivity index (χ2v) is 6.03. The molecule has 5 heteroatoms. The van der Waals surface area contributed by atoms with Crippen LogP contribution in [0.1, 0.15) is 52.9 Å². The zero-order valence-corrected chi connectivity index (χ0v) is 13.6. The summed E-state index contributed by atoms with van der Waals surface area (Å²) in [7, 11) is 0. The van der Waals surface area contributed by atoms with E-state index in [1.807, 2.05) is 0 Å². The zero-order chi connectivity index (χ0) is 15.7. The van der Waals surface area contributed by atoms with Gasteiger partial charge < -0.3 is 15.4 Å². The summed E-state index contributed by atoms with van der Waals surface area (Å²) in [6.45, 7) is 7.68. The molecule has 0 aromatic heterocycles. The molecule has 0 saturated heterocycles. The van der Waals surface area contributed by atoms with Crippen LogP contribution in [0, 0.1) is 11.8 Å². The highest BCUT2D eigenvalue weighted by molar-refractivity contribution is 5.78. The summed E-state index contributed by atoms with van der Waals surface area (Å²) in [5.41, 5.74) is 0. The van der Waals surface area contributed by atoms with Gasteiger partial charge in [0.05, 0.1) is 13.2 Å². The van der Waals surface area contributed by atoms with Crippen molar-refractivity contribution < 1.29 is 14.3 Å². The van der Waals surface area contributed by atoms with Crippen LogP contribution in [0.15, 0.2) is 0 Å². The lowest BCUT2D eigenvalue weighted by Crippen LogP contribution is -2.46. The molecule has 0 radical (unpaired) electrons. The van der Waals surface area contributed by atoms with Crippen molar-refractivity contribution >= 4 is 11.9 Å². The topological polar surface area (TPSA) is 67.4 Å². The van der Waals surface area contributed by atoms with Crippen LogP contribution in [0.4, 0.5) is 0 Å². The van der Waals surface area contributed by atoms with Gasteiger partial charge in [-0.25, -0.2) is 0 Å². The van der Waals surface area contributed by atoms with Gasteiger partial charge in [0.15, 0.2) is 0 Å². The first-order valence-corrected chi connectivity index (χ1v) is 8.20. The minimum atomic E-state index is -0.172. The van der Waals surface area contributed by atoms with Crippen LogP contribution in [0.2, 0.25) is 0 Å². The molecule has 1 saturated carbocycles. The van der Waals surface area contributed by atoms with E-state index < -0.39 is 0 Å². The van der Waals surface area contributed by atoms with E-state index in [4.69, 9.17) is 4.74 Å². The molecule has 1 amide bonds. The zero-order valence-electron chi connectivity index (χ0n) is 13.6. The highest BCUT2D eigenvalue weighted by Crippen LogP contribution is 2.29. The highest BCUT2D eigenvalue weighted by atomic mass is 16.5. The number of esters is 1. The predicted molar refractivity (Wildman–Crippen MR) is 82.8 cm³/mol. The molecule has 0 aliphatic heterocycles. The molecule has 122 valence electrons. The lowest BCUT2D eigenvalue weighted by Gasteiger charge is -2.34. The van der Waals surface area contributed by atoms with Crippen molar-refractivity contribution in [2.24, 2.45) is 11.8 Å². The average Bonchev–Trinajstić information content (AvgIpc) is 2.44. The largest absolute Gasteiger partial charge is 0.466 e. The quantitative estimate of drug-likeness (QED) is 0.530. The number of nitrogens with one attached hydrogen (secondary N) is 2. The number of amides is 1. The van der Waals surface area contributed by atoms with Crippen molar-refractivity contribution in [1.82, 2.24) is 10.6 Å². The van der Waals surface area contributed by atoms with E-state index in [0.29, 0.717) is 50.4 Å². The van der Waals surface area contributed by atoms with Crippen LogP contribution in [0.3, 0.4) is 0 Å². The second-order valence-electron chi connectivity index (χ2n) is 6.03. The lowest BCUT2D eigenvalue weighted by atomic mass is 9.78. The van der Waals surface area contributed by atoms with Crippen LogP contribution in [0.5, 0.6) is 0 Å². The molecule has 1 fully saturated rings. The first-order valence-electron chi connectivity index (χ1n) is 8.20. The van der Waals surface area contributed by atoms with E-state index in [1.54, 1.807) is 6.92 Å². The molecule has 2 N–H and O–H groups in total. The molecule has 3 atom stereocenters. The SMILES string of the molecule is CCOC(=O)CCCNCC(=O)NC1CCCC(C)C1C. The third-order valence-corrected chi connectivity index (χ3v) is 4.38. The normalized spacial score (nSPS) is 25.4. The minimum Gasteiger partial charge on any atom is -0.466 e. The molecular formula is C16H30N2O3. The number of carbonyl (C=O) groups excluding carboxylic acids is 2.